The summed E-state index contributed by atoms with van der Waals surface area (Å²) in [4.78, 5) is 6.02. The average molecular weight is 266 g/mol. The fourth-order valence-electron chi connectivity index (χ4n) is 2.49. The average Bonchev–Trinajstić information content (AvgIpc) is 2.76. The summed E-state index contributed by atoms with van der Waals surface area (Å²) in [6, 6.07) is 3.62. The summed E-state index contributed by atoms with van der Waals surface area (Å²) in [6.45, 7) is 0.495. The molecule has 0 saturated heterocycles. The first kappa shape index (κ1) is 13.1. The molecule has 0 spiro atoms. The molecule has 1 saturated carbocycles. The Morgan fingerprint density at radius 3 is 2.83 bits per heavy atom. The highest BCUT2D eigenvalue weighted by molar-refractivity contribution is 6.34. The van der Waals surface area contributed by atoms with E-state index in [2.05, 4.69) is 4.98 Å². The lowest BCUT2D eigenvalue weighted by molar-refractivity contribution is 0.0558. The molecule has 2 rings (SSSR count). The molecule has 96 valence electrons. The van der Waals surface area contributed by atoms with Gasteiger partial charge in [0, 0.05) is 19.8 Å². The minimum absolute atomic E-state index is 0.351. The van der Waals surface area contributed by atoms with E-state index in [0.717, 1.165) is 25.7 Å². The van der Waals surface area contributed by atoms with Gasteiger partial charge in [-0.2, -0.15) is 5.26 Å². The number of nitriles is 1. The Morgan fingerprint density at radius 1 is 1.56 bits per heavy atom. The Labute approximate surface area is 112 Å². The highest BCUT2D eigenvalue weighted by Gasteiger charge is 2.33. The smallest absolute Gasteiger partial charge is 0.148 e. The van der Waals surface area contributed by atoms with Crippen LogP contribution in [0.3, 0.4) is 0 Å². The number of nitrogens with zero attached hydrogens (tertiary/aromatic N) is 3. The van der Waals surface area contributed by atoms with E-state index in [1.807, 2.05) is 18.0 Å². The van der Waals surface area contributed by atoms with Crippen LogP contribution in [0.15, 0.2) is 12.3 Å². The molecule has 5 heteroatoms. The van der Waals surface area contributed by atoms with E-state index < -0.39 is 5.60 Å². The summed E-state index contributed by atoms with van der Waals surface area (Å²) in [5, 5.41) is 19.6. The molecule has 0 bridgehead atoms. The van der Waals surface area contributed by atoms with Crippen LogP contribution in [-0.2, 0) is 0 Å². The van der Waals surface area contributed by atoms with Crippen molar-refractivity contribution in [2.45, 2.75) is 31.3 Å². The quantitative estimate of drug-likeness (QED) is 0.911. The second-order valence-corrected chi connectivity index (χ2v) is 5.27. The van der Waals surface area contributed by atoms with Crippen molar-refractivity contribution in [2.24, 2.45) is 0 Å². The van der Waals surface area contributed by atoms with Gasteiger partial charge in [0.2, 0.25) is 0 Å². The zero-order valence-electron chi connectivity index (χ0n) is 10.4. The zero-order valence-corrected chi connectivity index (χ0v) is 11.1. The van der Waals surface area contributed by atoms with Gasteiger partial charge in [0.25, 0.3) is 0 Å². The Hall–Kier alpha value is -1.31. The van der Waals surface area contributed by atoms with Gasteiger partial charge in [-0.3, -0.25) is 0 Å². The largest absolute Gasteiger partial charge is 0.388 e. The van der Waals surface area contributed by atoms with Crippen molar-refractivity contribution in [1.82, 2.24) is 4.98 Å². The Bertz CT molecular complexity index is 478. The van der Waals surface area contributed by atoms with Gasteiger partial charge in [-0.15, -0.1) is 0 Å². The maximum Gasteiger partial charge on any atom is 0.148 e. The number of halogens is 1. The highest BCUT2D eigenvalue weighted by atomic mass is 35.5. The normalized spacial score (nSPS) is 17.4. The predicted molar refractivity (Wildman–Crippen MR) is 70.6 cm³/mol. The number of hydrogen-bond donors (Lipinski definition) is 1. The van der Waals surface area contributed by atoms with Crippen molar-refractivity contribution in [3.8, 4) is 6.07 Å². The van der Waals surface area contributed by atoms with Gasteiger partial charge in [0.1, 0.15) is 16.9 Å². The van der Waals surface area contributed by atoms with Crippen LogP contribution in [0.1, 0.15) is 31.2 Å². The van der Waals surface area contributed by atoms with Crippen LogP contribution in [-0.4, -0.2) is 29.3 Å². The number of anilines is 1. The van der Waals surface area contributed by atoms with Crippen molar-refractivity contribution < 1.29 is 5.11 Å². The lowest BCUT2D eigenvalue weighted by Gasteiger charge is -2.29. The second-order valence-electron chi connectivity index (χ2n) is 4.90. The van der Waals surface area contributed by atoms with E-state index in [0.29, 0.717) is 22.9 Å². The minimum Gasteiger partial charge on any atom is -0.388 e. The third-order valence-corrected chi connectivity index (χ3v) is 3.79. The SMILES string of the molecule is CN(CC1(O)CCCC1)c1nccc(C#N)c1Cl. The number of pyridine rings is 1. The molecule has 1 aliphatic rings. The van der Waals surface area contributed by atoms with Gasteiger partial charge in [0.15, 0.2) is 0 Å². The van der Waals surface area contributed by atoms with Gasteiger partial charge in [-0.25, -0.2) is 4.98 Å². The van der Waals surface area contributed by atoms with Crippen LogP contribution in [0.2, 0.25) is 5.02 Å². The van der Waals surface area contributed by atoms with Crippen LogP contribution in [0.5, 0.6) is 0 Å². The monoisotopic (exact) mass is 265 g/mol. The van der Waals surface area contributed by atoms with E-state index in [1.54, 1.807) is 12.3 Å². The Kier molecular flexibility index (Phi) is 3.74. The summed E-state index contributed by atoms with van der Waals surface area (Å²) >= 11 is 6.13. The zero-order chi connectivity index (χ0) is 13.2. The molecule has 0 aliphatic heterocycles. The summed E-state index contributed by atoms with van der Waals surface area (Å²) in [7, 11) is 1.84. The molecule has 1 heterocycles. The first-order chi connectivity index (χ1) is 8.56. The van der Waals surface area contributed by atoms with Gasteiger partial charge < -0.3 is 10.0 Å². The van der Waals surface area contributed by atoms with Crippen LogP contribution in [0.25, 0.3) is 0 Å². The summed E-state index contributed by atoms with van der Waals surface area (Å²) in [5.41, 5.74) is -0.241. The first-order valence-corrected chi connectivity index (χ1v) is 6.42. The fraction of sp³-hybridized carbons (Fsp3) is 0.538. The predicted octanol–water partition coefficient (Wildman–Crippen LogP) is 2.35. The molecular weight excluding hydrogens is 250 g/mol. The molecule has 0 aromatic carbocycles. The highest BCUT2D eigenvalue weighted by Crippen LogP contribution is 2.32. The molecule has 1 aliphatic carbocycles. The second kappa shape index (κ2) is 5.13. The molecule has 1 fully saturated rings. The van der Waals surface area contributed by atoms with Crippen LogP contribution >= 0.6 is 11.6 Å². The van der Waals surface area contributed by atoms with Crippen molar-refractivity contribution in [3.05, 3.63) is 22.8 Å². The lowest BCUT2D eigenvalue weighted by atomic mass is 10.0. The topological polar surface area (TPSA) is 60.1 Å². The lowest BCUT2D eigenvalue weighted by Crippen LogP contribution is -2.39. The molecule has 18 heavy (non-hydrogen) atoms. The maximum atomic E-state index is 10.4. The Morgan fingerprint density at radius 2 is 2.22 bits per heavy atom. The van der Waals surface area contributed by atoms with E-state index in [4.69, 9.17) is 16.9 Å². The third kappa shape index (κ3) is 2.58. The first-order valence-electron chi connectivity index (χ1n) is 6.04. The third-order valence-electron chi connectivity index (χ3n) is 3.42. The number of aromatic nitrogens is 1. The minimum atomic E-state index is -0.650. The number of rotatable bonds is 3. The molecular formula is C13H16ClN3O. The van der Waals surface area contributed by atoms with Crippen LogP contribution in [0, 0.1) is 11.3 Å². The molecule has 0 unspecified atom stereocenters. The molecule has 0 amide bonds. The van der Waals surface area contributed by atoms with Gasteiger partial charge in [0.05, 0.1) is 11.2 Å². The molecule has 1 aromatic rings. The summed E-state index contributed by atoms with van der Waals surface area (Å²) in [6.07, 6.45) is 5.31. The van der Waals surface area contributed by atoms with Crippen molar-refractivity contribution in [1.29, 1.82) is 5.26 Å². The van der Waals surface area contributed by atoms with Crippen molar-refractivity contribution in [3.63, 3.8) is 0 Å². The van der Waals surface area contributed by atoms with Crippen molar-refractivity contribution in [2.75, 3.05) is 18.5 Å². The molecule has 4 nitrogen and oxygen atoms in total. The van der Waals surface area contributed by atoms with Crippen LogP contribution < -0.4 is 4.90 Å². The van der Waals surface area contributed by atoms with Gasteiger partial charge >= 0.3 is 0 Å². The molecule has 0 radical (unpaired) electrons. The summed E-state index contributed by atoms with van der Waals surface area (Å²) < 4.78 is 0. The van der Waals surface area contributed by atoms with E-state index in [1.165, 1.54) is 0 Å². The van der Waals surface area contributed by atoms with Gasteiger partial charge in [-0.1, -0.05) is 24.4 Å². The van der Waals surface area contributed by atoms with Gasteiger partial charge in [-0.05, 0) is 18.9 Å². The maximum absolute atomic E-state index is 10.4. The fourth-order valence-corrected chi connectivity index (χ4v) is 2.79. The Balaban J connectivity index is 2.19. The van der Waals surface area contributed by atoms with Crippen LogP contribution in [0.4, 0.5) is 5.82 Å². The van der Waals surface area contributed by atoms with E-state index in [-0.39, 0.29) is 0 Å². The van der Waals surface area contributed by atoms with Crippen molar-refractivity contribution >= 4 is 17.4 Å². The number of likely N-dealkylation sites (N-methyl/N-ethyl adjacent to an activating group) is 1. The standard InChI is InChI=1S/C13H16ClN3O/c1-17(9-13(18)5-2-3-6-13)12-11(14)10(8-15)4-7-16-12/h4,7,18H,2-3,5-6,9H2,1H3. The summed E-state index contributed by atoms with van der Waals surface area (Å²) in [5.74, 6) is 0.552. The number of aliphatic hydroxyl groups is 1. The molecule has 1 N–H and O–H groups in total. The van der Waals surface area contributed by atoms with E-state index in [9.17, 15) is 5.11 Å². The molecule has 0 atom stereocenters. The number of hydrogen-bond acceptors (Lipinski definition) is 4. The molecule has 1 aromatic heterocycles. The van der Waals surface area contributed by atoms with E-state index >= 15 is 0 Å².